The van der Waals surface area contributed by atoms with Crippen LogP contribution in [0, 0.1) is 0 Å². The van der Waals surface area contributed by atoms with Gasteiger partial charge in [0.15, 0.2) is 0 Å². The van der Waals surface area contributed by atoms with Crippen LogP contribution >= 0.6 is 0 Å². The molecule has 0 aromatic heterocycles. The molecule has 0 bridgehead atoms. The highest BCUT2D eigenvalue weighted by Gasteiger charge is 2.27. The lowest BCUT2D eigenvalue weighted by Gasteiger charge is -2.22. The van der Waals surface area contributed by atoms with Crippen molar-refractivity contribution < 1.29 is 13.9 Å². The maximum atomic E-state index is 5.31. The van der Waals surface area contributed by atoms with Crippen molar-refractivity contribution in [2.45, 2.75) is 6.55 Å². The van der Waals surface area contributed by atoms with Gasteiger partial charge in [-0.25, -0.2) is 0 Å². The number of methoxy groups -OCH3 is 2. The van der Waals surface area contributed by atoms with Gasteiger partial charge in [0.2, 0.25) is 8.32 Å². The molecule has 0 aliphatic heterocycles. The summed E-state index contributed by atoms with van der Waals surface area (Å²) in [7, 11) is 3.41. The van der Waals surface area contributed by atoms with Gasteiger partial charge in [-0.05, 0) is 6.55 Å². The largest absolute Gasteiger partial charge is 0.416 e. The average molecular weight is 164 g/mol. The molecule has 10 heavy (non-hydrogen) atoms. The summed E-state index contributed by atoms with van der Waals surface area (Å²) in [4.78, 5) is 0. The first-order valence-electron chi connectivity index (χ1n) is 3.21. The SMILES string of the molecule is COC[Si](C)(COC)OC. The summed E-state index contributed by atoms with van der Waals surface area (Å²) in [6, 6.07) is 0. The van der Waals surface area contributed by atoms with Gasteiger partial charge in [0, 0.05) is 21.3 Å². The van der Waals surface area contributed by atoms with E-state index in [2.05, 4.69) is 6.55 Å². The number of rotatable bonds is 5. The number of hydrogen-bond donors (Lipinski definition) is 0. The molecule has 0 saturated carbocycles. The molecule has 4 heteroatoms. The van der Waals surface area contributed by atoms with E-state index in [4.69, 9.17) is 13.9 Å². The molecule has 62 valence electrons. The lowest BCUT2D eigenvalue weighted by atomic mass is 11.5. The maximum Gasteiger partial charge on any atom is 0.239 e. The third-order valence-electron chi connectivity index (χ3n) is 1.39. The van der Waals surface area contributed by atoms with Gasteiger partial charge >= 0.3 is 0 Å². The van der Waals surface area contributed by atoms with Crippen molar-refractivity contribution >= 4 is 8.32 Å². The van der Waals surface area contributed by atoms with Gasteiger partial charge in [-0.15, -0.1) is 0 Å². The minimum absolute atomic E-state index is 0.692. The van der Waals surface area contributed by atoms with Crippen molar-refractivity contribution in [1.29, 1.82) is 0 Å². The van der Waals surface area contributed by atoms with Gasteiger partial charge in [-0.2, -0.15) is 0 Å². The molecule has 0 fully saturated rings. The van der Waals surface area contributed by atoms with Crippen molar-refractivity contribution in [1.82, 2.24) is 0 Å². The van der Waals surface area contributed by atoms with Crippen LogP contribution in [-0.4, -0.2) is 42.1 Å². The molecule has 0 spiro atoms. The Hall–Kier alpha value is 0.0969. The Morgan fingerprint density at radius 2 is 1.40 bits per heavy atom. The third kappa shape index (κ3) is 3.31. The van der Waals surface area contributed by atoms with Crippen LogP contribution < -0.4 is 0 Å². The number of ether oxygens (including phenoxy) is 2. The van der Waals surface area contributed by atoms with E-state index < -0.39 is 8.32 Å². The van der Waals surface area contributed by atoms with Gasteiger partial charge in [-0.1, -0.05) is 0 Å². The number of hydrogen-bond acceptors (Lipinski definition) is 3. The quantitative estimate of drug-likeness (QED) is 0.556. The van der Waals surface area contributed by atoms with E-state index in [1.54, 1.807) is 21.3 Å². The van der Waals surface area contributed by atoms with Crippen LogP contribution in [0.15, 0.2) is 0 Å². The lowest BCUT2D eigenvalue weighted by Crippen LogP contribution is -2.44. The molecule has 0 aromatic rings. The first-order valence-corrected chi connectivity index (χ1v) is 6.04. The van der Waals surface area contributed by atoms with Gasteiger partial charge < -0.3 is 13.9 Å². The van der Waals surface area contributed by atoms with Gasteiger partial charge in [0.05, 0.1) is 12.5 Å². The van der Waals surface area contributed by atoms with Crippen molar-refractivity contribution in [3.05, 3.63) is 0 Å². The van der Waals surface area contributed by atoms with Crippen LogP contribution in [0.25, 0.3) is 0 Å². The van der Waals surface area contributed by atoms with E-state index in [0.717, 1.165) is 0 Å². The highest BCUT2D eigenvalue weighted by molar-refractivity contribution is 6.72. The predicted octanol–water partition coefficient (Wildman–Crippen LogP) is 0.579. The summed E-state index contributed by atoms with van der Waals surface area (Å²) in [5, 5.41) is 0. The molecule has 0 unspecified atom stereocenters. The normalized spacial score (nSPS) is 12.0. The molecule has 0 heterocycles. The zero-order valence-corrected chi connectivity index (χ0v) is 8.14. The van der Waals surface area contributed by atoms with Crippen LogP contribution in [0.5, 0.6) is 0 Å². The average Bonchev–Trinajstić information content (AvgIpc) is 1.89. The van der Waals surface area contributed by atoms with Crippen LogP contribution in [0.4, 0.5) is 0 Å². The summed E-state index contributed by atoms with van der Waals surface area (Å²) >= 11 is 0. The Balaban J connectivity index is 3.69. The van der Waals surface area contributed by atoms with E-state index in [1.807, 2.05) is 0 Å². The van der Waals surface area contributed by atoms with Crippen molar-refractivity contribution in [3.8, 4) is 0 Å². The van der Waals surface area contributed by atoms with E-state index in [9.17, 15) is 0 Å². The first-order chi connectivity index (χ1) is 4.68. The van der Waals surface area contributed by atoms with Gasteiger partial charge in [0.1, 0.15) is 0 Å². The van der Waals surface area contributed by atoms with E-state index in [-0.39, 0.29) is 0 Å². The maximum absolute atomic E-state index is 5.31. The van der Waals surface area contributed by atoms with Crippen molar-refractivity contribution in [2.24, 2.45) is 0 Å². The molecular weight excluding hydrogens is 148 g/mol. The zero-order chi connectivity index (χ0) is 8.04. The molecule has 0 rings (SSSR count). The highest BCUT2D eigenvalue weighted by atomic mass is 28.4. The second-order valence-corrected chi connectivity index (χ2v) is 6.41. The van der Waals surface area contributed by atoms with E-state index in [0.29, 0.717) is 12.5 Å². The molecule has 0 aromatic carbocycles. The molecule has 0 aliphatic carbocycles. The van der Waals surface area contributed by atoms with Crippen LogP contribution in [0.2, 0.25) is 6.55 Å². The molecule has 0 aliphatic rings. The minimum atomic E-state index is -1.67. The molecule has 0 atom stereocenters. The Morgan fingerprint density at radius 1 is 1.00 bits per heavy atom. The monoisotopic (exact) mass is 164 g/mol. The summed E-state index contributed by atoms with van der Waals surface area (Å²) in [5.41, 5.74) is 0. The van der Waals surface area contributed by atoms with E-state index >= 15 is 0 Å². The summed E-state index contributed by atoms with van der Waals surface area (Å²) in [5.74, 6) is 0. The second-order valence-electron chi connectivity index (χ2n) is 2.52. The van der Waals surface area contributed by atoms with Crippen LogP contribution in [0.1, 0.15) is 0 Å². The Bertz CT molecular complexity index is 81.1. The zero-order valence-electron chi connectivity index (χ0n) is 7.14. The fourth-order valence-corrected chi connectivity index (χ4v) is 2.31. The molecule has 0 saturated heterocycles. The summed E-state index contributed by atoms with van der Waals surface area (Å²) < 4.78 is 15.3. The Labute approximate surface area is 63.4 Å². The Morgan fingerprint density at radius 3 is 1.60 bits per heavy atom. The minimum Gasteiger partial charge on any atom is -0.416 e. The first kappa shape index (κ1) is 10.1. The third-order valence-corrected chi connectivity index (χ3v) is 4.18. The van der Waals surface area contributed by atoms with Gasteiger partial charge in [-0.3, -0.25) is 0 Å². The van der Waals surface area contributed by atoms with Crippen LogP contribution in [0.3, 0.4) is 0 Å². The molecule has 0 radical (unpaired) electrons. The second kappa shape index (κ2) is 4.84. The van der Waals surface area contributed by atoms with Crippen molar-refractivity contribution in [3.63, 3.8) is 0 Å². The fourth-order valence-electron chi connectivity index (χ4n) is 0.770. The topological polar surface area (TPSA) is 27.7 Å². The molecular formula is C6H16O3Si. The predicted molar refractivity (Wildman–Crippen MR) is 42.4 cm³/mol. The highest BCUT2D eigenvalue weighted by Crippen LogP contribution is 2.03. The Kier molecular flexibility index (Phi) is 4.89. The molecule has 0 N–H and O–H groups in total. The lowest BCUT2D eigenvalue weighted by molar-refractivity contribution is 0.183. The molecule has 0 amide bonds. The summed E-state index contributed by atoms with van der Waals surface area (Å²) in [6.07, 6.45) is 1.38. The molecule has 3 nitrogen and oxygen atoms in total. The fraction of sp³-hybridized carbons (Fsp3) is 1.00. The van der Waals surface area contributed by atoms with E-state index in [1.165, 1.54) is 0 Å². The van der Waals surface area contributed by atoms with Gasteiger partial charge in [0.25, 0.3) is 0 Å². The standard InChI is InChI=1S/C6H16O3Si/c1-7-5-10(4,9-3)6-8-2/h5-6H2,1-4H3. The summed E-state index contributed by atoms with van der Waals surface area (Å²) in [6.45, 7) is 2.08. The van der Waals surface area contributed by atoms with Crippen molar-refractivity contribution in [2.75, 3.05) is 33.8 Å². The van der Waals surface area contributed by atoms with Crippen LogP contribution in [-0.2, 0) is 13.9 Å². The smallest absolute Gasteiger partial charge is 0.239 e.